The highest BCUT2D eigenvalue weighted by Gasteiger charge is 2.17. The fourth-order valence-electron chi connectivity index (χ4n) is 1.78. The summed E-state index contributed by atoms with van der Waals surface area (Å²) in [4.78, 5) is 1.01. The first-order chi connectivity index (χ1) is 9.88. The summed E-state index contributed by atoms with van der Waals surface area (Å²) in [5.41, 5.74) is 1.52. The molecule has 0 aliphatic rings. The maximum absolute atomic E-state index is 12.4. The molecule has 0 saturated heterocycles. The molecule has 2 rings (SSSR count). The van der Waals surface area contributed by atoms with Gasteiger partial charge in [-0.25, -0.2) is 8.42 Å². The monoisotopic (exact) mass is 324 g/mol. The Morgan fingerprint density at radius 3 is 2.52 bits per heavy atom. The highest BCUT2D eigenvalue weighted by atomic mass is 32.2. The molecule has 0 atom stereocenters. The quantitative estimate of drug-likeness (QED) is 0.856. The van der Waals surface area contributed by atoms with Crippen LogP contribution in [0.4, 0.5) is 5.69 Å². The number of anilines is 1. The lowest BCUT2D eigenvalue weighted by molar-refractivity contribution is 0.593. The lowest BCUT2D eigenvalue weighted by Gasteiger charge is -2.08. The van der Waals surface area contributed by atoms with Gasteiger partial charge in [-0.3, -0.25) is 4.72 Å². The zero-order valence-electron chi connectivity index (χ0n) is 12.4. The number of hydrogen-bond donors (Lipinski definition) is 2. The third-order valence-corrected chi connectivity index (χ3v) is 5.92. The second-order valence-corrected chi connectivity index (χ2v) is 8.25. The summed E-state index contributed by atoms with van der Waals surface area (Å²) in [5, 5.41) is 3.28. The fraction of sp³-hybridized carbons (Fsp3) is 0.333. The van der Waals surface area contributed by atoms with E-state index in [0.717, 1.165) is 10.4 Å². The molecular formula is C15H20N2O2S2. The summed E-state index contributed by atoms with van der Waals surface area (Å²) >= 11 is 1.29. The van der Waals surface area contributed by atoms with Crippen LogP contribution in [0.25, 0.3) is 0 Å². The van der Waals surface area contributed by atoms with Crippen molar-refractivity contribution < 1.29 is 8.42 Å². The number of sulfonamides is 1. The first kappa shape index (κ1) is 16.0. The molecule has 4 nitrogen and oxygen atoms in total. The number of para-hydroxylation sites is 1. The van der Waals surface area contributed by atoms with Crippen LogP contribution in [0.2, 0.25) is 0 Å². The third kappa shape index (κ3) is 4.30. The molecule has 21 heavy (non-hydrogen) atoms. The largest absolute Gasteiger partial charge is 0.310 e. The molecule has 1 aromatic carbocycles. The molecule has 0 saturated carbocycles. The Labute approximate surface area is 130 Å². The summed E-state index contributed by atoms with van der Waals surface area (Å²) in [6.45, 7) is 6.68. The lowest BCUT2D eigenvalue weighted by atomic mass is 10.2. The zero-order chi connectivity index (χ0) is 15.5. The van der Waals surface area contributed by atoms with Gasteiger partial charge in [0, 0.05) is 17.5 Å². The van der Waals surface area contributed by atoms with Crippen molar-refractivity contribution in [3.63, 3.8) is 0 Å². The SMILES string of the molecule is Cc1ccccc1NS(=O)(=O)c1ccc(CNC(C)C)s1. The minimum Gasteiger partial charge on any atom is -0.310 e. The fourth-order valence-corrected chi connectivity index (χ4v) is 4.22. The van der Waals surface area contributed by atoms with Gasteiger partial charge < -0.3 is 5.32 Å². The number of hydrogen-bond acceptors (Lipinski definition) is 4. The van der Waals surface area contributed by atoms with E-state index in [0.29, 0.717) is 22.5 Å². The normalized spacial score (nSPS) is 11.8. The standard InChI is InChI=1S/C15H20N2O2S2/c1-11(2)16-10-13-8-9-15(20-13)21(18,19)17-14-7-5-4-6-12(14)3/h4-9,11,16-17H,10H2,1-3H3. The van der Waals surface area contributed by atoms with Gasteiger partial charge in [0.05, 0.1) is 5.69 Å². The molecule has 0 amide bonds. The van der Waals surface area contributed by atoms with Gasteiger partial charge in [-0.05, 0) is 30.7 Å². The number of aryl methyl sites for hydroxylation is 1. The molecule has 2 N–H and O–H groups in total. The Hall–Kier alpha value is -1.37. The number of rotatable bonds is 6. The first-order valence-corrected chi connectivity index (χ1v) is 9.09. The zero-order valence-corrected chi connectivity index (χ0v) is 14.0. The highest BCUT2D eigenvalue weighted by molar-refractivity contribution is 7.94. The molecule has 0 spiro atoms. The van der Waals surface area contributed by atoms with Gasteiger partial charge in [-0.15, -0.1) is 11.3 Å². The van der Waals surface area contributed by atoms with E-state index in [1.807, 2.05) is 31.2 Å². The van der Waals surface area contributed by atoms with Gasteiger partial charge in [0.15, 0.2) is 0 Å². The Kier molecular flexibility index (Phi) is 5.03. The molecule has 0 unspecified atom stereocenters. The van der Waals surface area contributed by atoms with Crippen LogP contribution in [0.3, 0.4) is 0 Å². The van der Waals surface area contributed by atoms with E-state index in [4.69, 9.17) is 0 Å². The topological polar surface area (TPSA) is 58.2 Å². The summed E-state index contributed by atoms with van der Waals surface area (Å²) in [6.07, 6.45) is 0. The van der Waals surface area contributed by atoms with E-state index < -0.39 is 10.0 Å². The summed E-state index contributed by atoms with van der Waals surface area (Å²) < 4.78 is 27.8. The minimum atomic E-state index is -3.51. The Morgan fingerprint density at radius 1 is 1.14 bits per heavy atom. The Balaban J connectivity index is 2.15. The van der Waals surface area contributed by atoms with Crippen molar-refractivity contribution in [3.05, 3.63) is 46.8 Å². The Morgan fingerprint density at radius 2 is 1.86 bits per heavy atom. The predicted molar refractivity (Wildman–Crippen MR) is 88.3 cm³/mol. The van der Waals surface area contributed by atoms with Gasteiger partial charge in [0.25, 0.3) is 10.0 Å². The summed E-state index contributed by atoms with van der Waals surface area (Å²) in [5.74, 6) is 0. The van der Waals surface area contributed by atoms with Gasteiger partial charge in [0.1, 0.15) is 4.21 Å². The molecule has 2 aromatic rings. The van der Waals surface area contributed by atoms with Crippen LogP contribution in [0, 0.1) is 6.92 Å². The van der Waals surface area contributed by atoms with Crippen LogP contribution in [-0.2, 0) is 16.6 Å². The maximum Gasteiger partial charge on any atom is 0.271 e. The Bertz CT molecular complexity index is 706. The van der Waals surface area contributed by atoms with Crippen LogP contribution < -0.4 is 10.0 Å². The number of benzene rings is 1. The maximum atomic E-state index is 12.4. The molecule has 0 fully saturated rings. The van der Waals surface area contributed by atoms with Gasteiger partial charge in [0.2, 0.25) is 0 Å². The number of nitrogens with one attached hydrogen (secondary N) is 2. The molecule has 1 aromatic heterocycles. The smallest absolute Gasteiger partial charge is 0.271 e. The average Bonchev–Trinajstić information content (AvgIpc) is 2.88. The van der Waals surface area contributed by atoms with Crippen LogP contribution in [0.5, 0.6) is 0 Å². The van der Waals surface area contributed by atoms with Crippen molar-refractivity contribution >= 4 is 27.0 Å². The van der Waals surface area contributed by atoms with Crippen molar-refractivity contribution in [2.24, 2.45) is 0 Å². The van der Waals surface area contributed by atoms with E-state index in [-0.39, 0.29) is 0 Å². The first-order valence-electron chi connectivity index (χ1n) is 6.79. The molecule has 0 bridgehead atoms. The molecule has 114 valence electrons. The van der Waals surface area contributed by atoms with Crippen LogP contribution in [0.15, 0.2) is 40.6 Å². The van der Waals surface area contributed by atoms with Gasteiger partial charge in [-0.1, -0.05) is 32.0 Å². The molecule has 0 aliphatic carbocycles. The second kappa shape index (κ2) is 6.60. The van der Waals surface area contributed by atoms with Crippen LogP contribution >= 0.6 is 11.3 Å². The minimum absolute atomic E-state index is 0.339. The van der Waals surface area contributed by atoms with Crippen LogP contribution in [-0.4, -0.2) is 14.5 Å². The summed E-state index contributed by atoms with van der Waals surface area (Å²) in [6, 6.07) is 11.2. The van der Waals surface area contributed by atoms with E-state index in [1.165, 1.54) is 11.3 Å². The van der Waals surface area contributed by atoms with E-state index in [9.17, 15) is 8.42 Å². The molecular weight excluding hydrogens is 304 g/mol. The van der Waals surface area contributed by atoms with E-state index >= 15 is 0 Å². The number of thiophene rings is 1. The van der Waals surface area contributed by atoms with Crippen molar-refractivity contribution in [3.8, 4) is 0 Å². The highest BCUT2D eigenvalue weighted by Crippen LogP contribution is 2.25. The summed E-state index contributed by atoms with van der Waals surface area (Å²) in [7, 11) is -3.51. The van der Waals surface area contributed by atoms with E-state index in [1.54, 1.807) is 12.1 Å². The molecule has 1 heterocycles. The molecule has 0 aliphatic heterocycles. The van der Waals surface area contributed by atoms with Crippen molar-refractivity contribution in [2.45, 2.75) is 37.6 Å². The molecule has 6 heteroatoms. The van der Waals surface area contributed by atoms with Crippen molar-refractivity contribution in [2.75, 3.05) is 4.72 Å². The van der Waals surface area contributed by atoms with Gasteiger partial charge >= 0.3 is 0 Å². The van der Waals surface area contributed by atoms with Gasteiger partial charge in [-0.2, -0.15) is 0 Å². The third-order valence-electron chi connectivity index (χ3n) is 2.98. The average molecular weight is 324 g/mol. The van der Waals surface area contributed by atoms with Crippen molar-refractivity contribution in [1.82, 2.24) is 5.32 Å². The van der Waals surface area contributed by atoms with Crippen molar-refractivity contribution in [1.29, 1.82) is 0 Å². The molecule has 0 radical (unpaired) electrons. The van der Waals surface area contributed by atoms with E-state index in [2.05, 4.69) is 23.9 Å². The second-order valence-electron chi connectivity index (χ2n) is 5.18. The van der Waals surface area contributed by atoms with Crippen LogP contribution in [0.1, 0.15) is 24.3 Å². The predicted octanol–water partition coefficient (Wildman–Crippen LogP) is 3.36. The lowest BCUT2D eigenvalue weighted by Crippen LogP contribution is -2.21.